The lowest BCUT2D eigenvalue weighted by Gasteiger charge is -1.68. The van der Waals surface area contributed by atoms with Crippen molar-refractivity contribution in [3.05, 3.63) is 0 Å². The molecule has 0 N–H and O–H groups in total. The molecule has 0 bridgehead atoms. The maximum atomic E-state index is 9.16. The Morgan fingerprint density at radius 3 is 1.20 bits per heavy atom. The van der Waals surface area contributed by atoms with Gasteiger partial charge < -0.3 is 0 Å². The van der Waals surface area contributed by atoms with E-state index in [2.05, 4.69) is 35.2 Å². The van der Waals surface area contributed by atoms with Crippen LogP contribution in [0.4, 0.5) is 4.70 Å². The number of hydrogen-bond donors (Lipinski definition) is 0. The monoisotopic (exact) mass is 212 g/mol. The first kappa shape index (κ1) is 16.8. The first-order valence-corrected chi connectivity index (χ1v) is 5.69. The molecule has 0 spiro atoms. The number of rotatable bonds is 1. The summed E-state index contributed by atoms with van der Waals surface area (Å²) in [4.78, 5) is 0. The van der Waals surface area contributed by atoms with Gasteiger partial charge >= 0.3 is 8.26 Å². The fourth-order valence-electron chi connectivity index (χ4n) is 0. The van der Waals surface area contributed by atoms with E-state index in [9.17, 15) is 0 Å². The van der Waals surface area contributed by atoms with Crippen molar-refractivity contribution in [1.29, 1.82) is 0 Å². The van der Waals surface area contributed by atoms with Crippen molar-refractivity contribution < 1.29 is 13.1 Å². The Morgan fingerprint density at radius 1 is 1.10 bits per heavy atom. The lowest BCUT2D eigenvalue weighted by molar-refractivity contribution is 0.621. The summed E-state index contributed by atoms with van der Waals surface area (Å²) in [6.45, 7) is 4.36. The maximum absolute atomic E-state index is 9.16. The fourth-order valence-corrected chi connectivity index (χ4v) is 0. The van der Waals surface area contributed by atoms with Crippen molar-refractivity contribution in [2.24, 2.45) is 0 Å². The summed E-state index contributed by atoms with van der Waals surface area (Å²) in [7, 11) is 4.81. The lowest BCUT2D eigenvalue weighted by atomic mass is 10.4. The number of halogens is 3. The SMILES string of the molecule is CCCC.F.O=S(=O)(Cl)Cl. The van der Waals surface area contributed by atoms with Gasteiger partial charge in [-0.25, -0.2) is 0 Å². The zero-order valence-corrected chi connectivity index (χ0v) is 8.13. The van der Waals surface area contributed by atoms with Crippen molar-refractivity contribution in [3.63, 3.8) is 0 Å². The summed E-state index contributed by atoms with van der Waals surface area (Å²) in [6.07, 6.45) is 2.64. The third kappa shape index (κ3) is 221. The molecule has 0 radical (unpaired) electrons. The van der Waals surface area contributed by atoms with E-state index in [4.69, 9.17) is 8.42 Å². The largest absolute Gasteiger partial charge is 0.317 e. The van der Waals surface area contributed by atoms with E-state index >= 15 is 0 Å². The molecule has 0 aliphatic rings. The molecule has 6 heteroatoms. The minimum absolute atomic E-state index is 0. The molecule has 66 valence electrons. The van der Waals surface area contributed by atoms with Crippen LogP contribution in [0.5, 0.6) is 0 Å². The highest BCUT2D eigenvalue weighted by molar-refractivity contribution is 8.31. The smallest absolute Gasteiger partial charge is 0.269 e. The predicted molar refractivity (Wildman–Crippen MR) is 43.7 cm³/mol. The zero-order valence-electron chi connectivity index (χ0n) is 5.80. The average Bonchev–Trinajstić information content (AvgIpc) is 1.61. The summed E-state index contributed by atoms with van der Waals surface area (Å²) in [5.74, 6) is 0. The van der Waals surface area contributed by atoms with Gasteiger partial charge in [-0.2, -0.15) is 8.42 Å². The fraction of sp³-hybridized carbons (Fsp3) is 1.00. The Balaban J connectivity index is -0.0000000910. The summed E-state index contributed by atoms with van der Waals surface area (Å²) < 4.78 is 18.3. The lowest BCUT2D eigenvalue weighted by Crippen LogP contribution is -1.63. The molecule has 0 aromatic rings. The second-order valence-corrected chi connectivity index (χ2v) is 5.05. The molecule has 0 atom stereocenters. The van der Waals surface area contributed by atoms with Gasteiger partial charge in [0.15, 0.2) is 0 Å². The van der Waals surface area contributed by atoms with E-state index in [-0.39, 0.29) is 4.70 Å². The van der Waals surface area contributed by atoms with Crippen LogP contribution in [0.3, 0.4) is 0 Å². The Kier molecular flexibility index (Phi) is 15.9. The van der Waals surface area contributed by atoms with E-state index in [1.54, 1.807) is 0 Å². The van der Waals surface area contributed by atoms with E-state index in [1.807, 2.05) is 0 Å². The van der Waals surface area contributed by atoms with E-state index in [1.165, 1.54) is 12.8 Å². The van der Waals surface area contributed by atoms with E-state index in [0.29, 0.717) is 0 Å². The highest BCUT2D eigenvalue weighted by Gasteiger charge is 1.88. The van der Waals surface area contributed by atoms with Crippen LogP contribution >= 0.6 is 21.4 Å². The van der Waals surface area contributed by atoms with Crippen LogP contribution in [-0.4, -0.2) is 8.42 Å². The average molecular weight is 213 g/mol. The molecule has 2 nitrogen and oxygen atoms in total. The van der Waals surface area contributed by atoms with E-state index < -0.39 is 8.26 Å². The highest BCUT2D eigenvalue weighted by atomic mass is 36.0. The van der Waals surface area contributed by atoms with Gasteiger partial charge in [0.2, 0.25) is 0 Å². The summed E-state index contributed by atoms with van der Waals surface area (Å²) in [6, 6.07) is 0. The van der Waals surface area contributed by atoms with Crippen molar-refractivity contribution in [2.45, 2.75) is 26.7 Å². The second kappa shape index (κ2) is 9.46. The van der Waals surface area contributed by atoms with Crippen LogP contribution in [-0.2, 0) is 8.26 Å². The quantitative estimate of drug-likeness (QED) is 0.627. The van der Waals surface area contributed by atoms with Gasteiger partial charge in [0.1, 0.15) is 0 Å². The standard InChI is InChI=1S/C4H10.Cl2O2S.FH/c1-3-4-2;1-5(2,3)4;/h3-4H2,1-2H3;;1H. The van der Waals surface area contributed by atoms with Gasteiger partial charge in [0.25, 0.3) is 0 Å². The third-order valence-electron chi connectivity index (χ3n) is 0.500. The number of hydrogen-bond acceptors (Lipinski definition) is 2. The van der Waals surface area contributed by atoms with Gasteiger partial charge in [-0.1, -0.05) is 26.7 Å². The van der Waals surface area contributed by atoms with Crippen LogP contribution in [0, 0.1) is 0 Å². The Bertz CT molecular complexity index is 124. The molecule has 10 heavy (non-hydrogen) atoms. The molecule has 0 saturated carbocycles. The van der Waals surface area contributed by atoms with Crippen LogP contribution < -0.4 is 0 Å². The molecular weight excluding hydrogens is 202 g/mol. The normalized spacial score (nSPS) is 8.80. The van der Waals surface area contributed by atoms with Gasteiger partial charge in [-0.05, 0) is 0 Å². The van der Waals surface area contributed by atoms with Crippen molar-refractivity contribution in [1.82, 2.24) is 0 Å². The molecule has 0 aliphatic heterocycles. The summed E-state index contributed by atoms with van der Waals surface area (Å²) >= 11 is 0. The Morgan fingerprint density at radius 2 is 1.20 bits per heavy atom. The first-order valence-electron chi connectivity index (χ1n) is 2.56. The van der Waals surface area contributed by atoms with Crippen molar-refractivity contribution >= 4 is 29.6 Å². The molecule has 0 unspecified atom stereocenters. The molecule has 0 heterocycles. The molecule has 0 rings (SSSR count). The van der Waals surface area contributed by atoms with Gasteiger partial charge in [0, 0.05) is 21.4 Å². The first-order chi connectivity index (χ1) is 3.91. The van der Waals surface area contributed by atoms with Gasteiger partial charge in [-0.3, -0.25) is 4.70 Å². The molecule has 0 amide bonds. The predicted octanol–water partition coefficient (Wildman–Crippen LogP) is 2.67. The molecule has 0 aromatic heterocycles. The molecule has 0 fully saturated rings. The molecular formula is C4H11Cl2FO2S. The summed E-state index contributed by atoms with van der Waals surface area (Å²) in [5, 5.41) is 0. The van der Waals surface area contributed by atoms with Crippen LogP contribution in [0.15, 0.2) is 0 Å². The topological polar surface area (TPSA) is 34.1 Å². The highest BCUT2D eigenvalue weighted by Crippen LogP contribution is 1.98. The third-order valence-corrected chi connectivity index (χ3v) is 0.500. The minimum Gasteiger partial charge on any atom is -0.269 e. The van der Waals surface area contributed by atoms with Crippen LogP contribution in [0.2, 0.25) is 0 Å². The van der Waals surface area contributed by atoms with Crippen molar-refractivity contribution in [2.75, 3.05) is 0 Å². The van der Waals surface area contributed by atoms with Gasteiger partial charge in [0.05, 0.1) is 0 Å². The van der Waals surface area contributed by atoms with Crippen LogP contribution in [0.1, 0.15) is 26.7 Å². The molecule has 0 aromatic carbocycles. The maximum Gasteiger partial charge on any atom is 0.317 e. The Hall–Kier alpha value is 0.460. The van der Waals surface area contributed by atoms with Crippen LogP contribution in [0.25, 0.3) is 0 Å². The van der Waals surface area contributed by atoms with Gasteiger partial charge in [-0.15, -0.1) is 0 Å². The number of unbranched alkanes of at least 4 members (excludes halogenated alkanes) is 1. The summed E-state index contributed by atoms with van der Waals surface area (Å²) in [5.41, 5.74) is 0. The molecule has 0 aliphatic carbocycles. The Labute approximate surface area is 69.8 Å². The van der Waals surface area contributed by atoms with E-state index in [0.717, 1.165) is 0 Å². The minimum atomic E-state index is -3.72. The zero-order chi connectivity index (χ0) is 7.91. The second-order valence-electron chi connectivity index (χ2n) is 1.38. The molecule has 0 saturated heterocycles. The van der Waals surface area contributed by atoms with Crippen molar-refractivity contribution in [3.8, 4) is 0 Å².